The second kappa shape index (κ2) is 8.10. The van der Waals surface area contributed by atoms with Crippen LogP contribution >= 0.6 is 11.3 Å². The summed E-state index contributed by atoms with van der Waals surface area (Å²) in [7, 11) is 0. The summed E-state index contributed by atoms with van der Waals surface area (Å²) in [5.74, 6) is -0.106. The molecule has 1 fully saturated rings. The van der Waals surface area contributed by atoms with E-state index in [1.807, 2.05) is 26.8 Å². The number of hydrogen-bond donors (Lipinski definition) is 2. The Hall–Kier alpha value is -3.27. The number of halogens is 1. The zero-order chi connectivity index (χ0) is 22.2. The van der Waals surface area contributed by atoms with Crippen molar-refractivity contribution >= 4 is 34.2 Å². The molecule has 1 aliphatic rings. The molecule has 2 aromatic heterocycles. The molecule has 2 N–H and O–H groups in total. The van der Waals surface area contributed by atoms with Gasteiger partial charge in [-0.25, -0.2) is 18.9 Å². The molecule has 0 bridgehead atoms. The minimum absolute atomic E-state index is 0.0609. The van der Waals surface area contributed by atoms with E-state index in [1.54, 1.807) is 27.1 Å². The molecule has 8 nitrogen and oxygen atoms in total. The molecule has 0 aliphatic carbocycles. The number of nitrogens with one attached hydrogen (secondary N) is 2. The molecule has 4 rings (SSSR count). The van der Waals surface area contributed by atoms with Crippen LogP contribution in [0.3, 0.4) is 0 Å². The van der Waals surface area contributed by atoms with Crippen LogP contribution in [0.2, 0.25) is 0 Å². The fourth-order valence-electron chi connectivity index (χ4n) is 3.12. The Morgan fingerprint density at radius 3 is 2.68 bits per heavy atom. The average Bonchev–Trinajstić information content (AvgIpc) is 3.42. The first-order valence-electron chi connectivity index (χ1n) is 9.87. The van der Waals surface area contributed by atoms with Crippen LogP contribution in [0.15, 0.2) is 35.7 Å². The van der Waals surface area contributed by atoms with Crippen molar-refractivity contribution < 1.29 is 14.0 Å². The number of nitrogens with zero attached hydrogens (tertiary/aromatic N) is 4. The van der Waals surface area contributed by atoms with E-state index in [0.29, 0.717) is 35.4 Å². The summed E-state index contributed by atoms with van der Waals surface area (Å²) < 4.78 is 15.0. The van der Waals surface area contributed by atoms with Crippen molar-refractivity contribution in [2.75, 3.05) is 23.3 Å². The predicted molar refractivity (Wildman–Crippen MR) is 117 cm³/mol. The Morgan fingerprint density at radius 1 is 1.29 bits per heavy atom. The van der Waals surface area contributed by atoms with E-state index in [1.165, 1.54) is 23.5 Å². The molecular weight excluding hydrogens is 419 g/mol. The van der Waals surface area contributed by atoms with E-state index in [0.717, 1.165) is 5.69 Å². The topological polar surface area (TPSA) is 92.2 Å². The maximum atomic E-state index is 13.4. The van der Waals surface area contributed by atoms with Gasteiger partial charge in [0.05, 0.1) is 23.5 Å². The highest BCUT2D eigenvalue weighted by Gasteiger charge is 2.25. The molecule has 0 atom stereocenters. The number of carbonyl (C=O) groups excluding carboxylic acids is 2. The van der Waals surface area contributed by atoms with Crippen molar-refractivity contribution in [2.24, 2.45) is 0 Å². The smallest absolute Gasteiger partial charge is 0.323 e. The Balaban J connectivity index is 1.53. The van der Waals surface area contributed by atoms with E-state index < -0.39 is 0 Å². The Morgan fingerprint density at radius 2 is 2.03 bits per heavy atom. The van der Waals surface area contributed by atoms with Crippen LogP contribution in [0, 0.1) is 5.82 Å². The lowest BCUT2D eigenvalue weighted by Gasteiger charge is -2.14. The summed E-state index contributed by atoms with van der Waals surface area (Å²) in [6.07, 6.45) is 0.0609. The first kappa shape index (κ1) is 21.0. The van der Waals surface area contributed by atoms with Gasteiger partial charge in [0.25, 0.3) is 0 Å². The van der Waals surface area contributed by atoms with E-state index in [4.69, 9.17) is 0 Å². The Kier molecular flexibility index (Phi) is 5.48. The number of aromatic nitrogens is 3. The van der Waals surface area contributed by atoms with Crippen LogP contribution in [-0.4, -0.2) is 39.8 Å². The second-order valence-electron chi connectivity index (χ2n) is 8.28. The number of anilines is 2. The van der Waals surface area contributed by atoms with Gasteiger partial charge in [-0.15, -0.1) is 11.3 Å². The zero-order valence-corrected chi connectivity index (χ0v) is 18.3. The minimum Gasteiger partial charge on any atom is -0.336 e. The van der Waals surface area contributed by atoms with Crippen molar-refractivity contribution in [2.45, 2.75) is 32.6 Å². The van der Waals surface area contributed by atoms with Gasteiger partial charge in [0.15, 0.2) is 5.13 Å². The van der Waals surface area contributed by atoms with Crippen LogP contribution in [-0.2, 0) is 16.6 Å². The summed E-state index contributed by atoms with van der Waals surface area (Å²) in [4.78, 5) is 30.5. The largest absolute Gasteiger partial charge is 0.336 e. The van der Waals surface area contributed by atoms with Gasteiger partial charge in [0.2, 0.25) is 5.91 Å². The maximum Gasteiger partial charge on any atom is 0.323 e. The van der Waals surface area contributed by atoms with E-state index in [2.05, 4.69) is 20.7 Å². The van der Waals surface area contributed by atoms with Gasteiger partial charge in [-0.1, -0.05) is 20.8 Å². The summed E-state index contributed by atoms with van der Waals surface area (Å²) in [6.45, 7) is 7.23. The van der Waals surface area contributed by atoms with Gasteiger partial charge in [0.1, 0.15) is 11.6 Å². The molecule has 3 heterocycles. The van der Waals surface area contributed by atoms with E-state index in [-0.39, 0.29) is 29.6 Å². The molecule has 0 spiro atoms. The van der Waals surface area contributed by atoms with Crippen molar-refractivity contribution in [3.05, 3.63) is 52.9 Å². The normalized spacial score (nSPS) is 14.1. The van der Waals surface area contributed by atoms with E-state index in [9.17, 15) is 14.0 Å². The summed E-state index contributed by atoms with van der Waals surface area (Å²) in [5.41, 5.74) is 1.79. The third-order valence-electron chi connectivity index (χ3n) is 4.79. The van der Waals surface area contributed by atoms with E-state index >= 15 is 0 Å². The van der Waals surface area contributed by atoms with Crippen molar-refractivity contribution in [3.8, 4) is 5.69 Å². The average molecular weight is 443 g/mol. The highest BCUT2D eigenvalue weighted by molar-refractivity contribution is 7.14. The number of amides is 3. The first-order valence-corrected chi connectivity index (χ1v) is 10.7. The van der Waals surface area contributed by atoms with Crippen LogP contribution in [0.1, 0.15) is 32.2 Å². The molecule has 3 aromatic rings. The number of urea groups is 1. The lowest BCUT2D eigenvalue weighted by Crippen LogP contribution is -2.27. The standard InChI is InChI=1S/C21H23FN6O2S/c1-21(2,3)16-11-17(28(26-16)15-6-4-13(22)5-7-15)25-18(29)10-14-12-31-20(24-14)27-9-8-23-19(27)30/h4-7,11-12H,8-10H2,1-3H3,(H,23,30)(H,25,29). The molecule has 0 saturated carbocycles. The van der Waals surface area contributed by atoms with Gasteiger partial charge in [-0.3, -0.25) is 9.69 Å². The van der Waals surface area contributed by atoms with Crippen molar-refractivity contribution in [1.29, 1.82) is 0 Å². The Labute approximate surface area is 183 Å². The lowest BCUT2D eigenvalue weighted by atomic mass is 9.92. The van der Waals surface area contributed by atoms with Gasteiger partial charge in [0, 0.05) is 30.0 Å². The molecule has 3 amide bonds. The maximum absolute atomic E-state index is 13.4. The van der Waals surface area contributed by atoms with Crippen molar-refractivity contribution in [1.82, 2.24) is 20.1 Å². The minimum atomic E-state index is -0.344. The van der Waals surface area contributed by atoms with Gasteiger partial charge in [-0.05, 0) is 24.3 Å². The van der Waals surface area contributed by atoms with Crippen LogP contribution < -0.4 is 15.5 Å². The second-order valence-corrected chi connectivity index (χ2v) is 9.12. The molecule has 1 saturated heterocycles. The third kappa shape index (κ3) is 4.58. The highest BCUT2D eigenvalue weighted by Crippen LogP contribution is 2.27. The highest BCUT2D eigenvalue weighted by atomic mass is 32.1. The molecule has 1 aliphatic heterocycles. The number of hydrogen-bond acceptors (Lipinski definition) is 5. The zero-order valence-electron chi connectivity index (χ0n) is 17.5. The quantitative estimate of drug-likeness (QED) is 0.633. The van der Waals surface area contributed by atoms with Crippen LogP contribution in [0.25, 0.3) is 5.69 Å². The molecule has 1 aromatic carbocycles. The fraction of sp³-hybridized carbons (Fsp3) is 0.333. The summed E-state index contributed by atoms with van der Waals surface area (Å²) >= 11 is 1.33. The van der Waals surface area contributed by atoms with Crippen LogP contribution in [0.5, 0.6) is 0 Å². The van der Waals surface area contributed by atoms with Gasteiger partial charge >= 0.3 is 6.03 Å². The van der Waals surface area contributed by atoms with Gasteiger partial charge < -0.3 is 10.6 Å². The lowest BCUT2D eigenvalue weighted by molar-refractivity contribution is -0.115. The monoisotopic (exact) mass is 442 g/mol. The Bertz CT molecular complexity index is 1120. The summed E-state index contributed by atoms with van der Waals surface area (Å²) in [5, 5.41) is 12.6. The summed E-state index contributed by atoms with van der Waals surface area (Å²) in [6, 6.07) is 7.57. The molecule has 0 radical (unpaired) electrons. The molecule has 31 heavy (non-hydrogen) atoms. The number of thiazole rings is 1. The fourth-order valence-corrected chi connectivity index (χ4v) is 3.97. The number of benzene rings is 1. The predicted octanol–water partition coefficient (Wildman–Crippen LogP) is 3.48. The SMILES string of the molecule is CC(C)(C)c1cc(NC(=O)Cc2csc(N3CCNC3=O)n2)n(-c2ccc(F)cc2)n1. The number of carbonyl (C=O) groups is 2. The van der Waals surface area contributed by atoms with Crippen molar-refractivity contribution in [3.63, 3.8) is 0 Å². The molecule has 0 unspecified atom stereocenters. The van der Waals surface area contributed by atoms with Gasteiger partial charge in [-0.2, -0.15) is 5.10 Å². The third-order valence-corrected chi connectivity index (χ3v) is 5.70. The first-order chi connectivity index (χ1) is 14.7. The van der Waals surface area contributed by atoms with Crippen LogP contribution in [0.4, 0.5) is 20.1 Å². The molecular formula is C21H23FN6O2S. The number of rotatable bonds is 5. The molecule has 162 valence electrons. The molecule has 10 heteroatoms.